The summed E-state index contributed by atoms with van der Waals surface area (Å²) in [7, 11) is 0. The van der Waals surface area contributed by atoms with Crippen molar-refractivity contribution in [2.24, 2.45) is 0 Å². The Bertz CT molecular complexity index is 233. The molecule has 0 fully saturated rings. The molecule has 1 unspecified atom stereocenters. The van der Waals surface area contributed by atoms with E-state index in [-0.39, 0.29) is 0 Å². The molecule has 1 aromatic heterocycles. The minimum absolute atomic E-state index is 0.506. The van der Waals surface area contributed by atoms with E-state index in [1.54, 1.807) is 6.26 Å². The molecule has 1 aromatic rings. The molecule has 0 amide bonds. The topological polar surface area (TPSA) is 26.0 Å². The summed E-state index contributed by atoms with van der Waals surface area (Å²) in [6, 6.07) is 0. The Kier molecular flexibility index (Phi) is 1.45. The Morgan fingerprint density at radius 1 is 1.70 bits per heavy atom. The van der Waals surface area contributed by atoms with Gasteiger partial charge in [0.05, 0.1) is 5.69 Å². The van der Waals surface area contributed by atoms with Crippen LogP contribution >= 0.6 is 12.6 Å². The molecule has 0 saturated heterocycles. The van der Waals surface area contributed by atoms with E-state index in [0.29, 0.717) is 5.25 Å². The fourth-order valence-corrected chi connectivity index (χ4v) is 1.64. The lowest BCUT2D eigenvalue weighted by Gasteiger charge is -2.14. The Morgan fingerprint density at radius 3 is 3.50 bits per heavy atom. The molecule has 0 spiro atoms. The molecule has 0 radical (unpaired) electrons. The van der Waals surface area contributed by atoms with Crippen molar-refractivity contribution in [1.29, 1.82) is 0 Å². The maximum Gasteiger partial charge on any atom is 0.127 e. The van der Waals surface area contributed by atoms with Crippen LogP contribution in [0.15, 0.2) is 10.8 Å². The van der Waals surface area contributed by atoms with Crippen LogP contribution in [0.5, 0.6) is 0 Å². The zero-order valence-electron chi connectivity index (χ0n) is 5.58. The number of hydrogen-bond acceptors (Lipinski definition) is 3. The largest absolute Gasteiger partial charge is 0.364 e. The molecule has 3 heteroatoms. The van der Waals surface area contributed by atoms with Gasteiger partial charge in [-0.1, -0.05) is 5.16 Å². The summed E-state index contributed by atoms with van der Waals surface area (Å²) in [5.74, 6) is 0. The first-order valence-corrected chi connectivity index (χ1v) is 3.98. The summed E-state index contributed by atoms with van der Waals surface area (Å²) in [4.78, 5) is 0. The Balaban J connectivity index is 2.30. The highest BCUT2D eigenvalue weighted by Gasteiger charge is 2.18. The van der Waals surface area contributed by atoms with Gasteiger partial charge in [-0.15, -0.1) is 0 Å². The third-order valence-electron chi connectivity index (χ3n) is 1.90. The molecule has 1 aliphatic rings. The first kappa shape index (κ1) is 6.28. The fourth-order valence-electron chi connectivity index (χ4n) is 1.31. The highest BCUT2D eigenvalue weighted by atomic mass is 32.1. The zero-order valence-corrected chi connectivity index (χ0v) is 6.47. The second-order valence-electron chi connectivity index (χ2n) is 2.68. The van der Waals surface area contributed by atoms with Crippen molar-refractivity contribution in [1.82, 2.24) is 5.16 Å². The second kappa shape index (κ2) is 2.31. The monoisotopic (exact) mass is 155 g/mol. The lowest BCUT2D eigenvalue weighted by Crippen LogP contribution is -2.12. The van der Waals surface area contributed by atoms with Gasteiger partial charge in [-0.3, -0.25) is 0 Å². The van der Waals surface area contributed by atoms with E-state index in [2.05, 4.69) is 17.8 Å². The van der Waals surface area contributed by atoms with Crippen LogP contribution in [0.1, 0.15) is 17.7 Å². The molecule has 0 aliphatic heterocycles. The highest BCUT2D eigenvalue weighted by Crippen LogP contribution is 2.22. The summed E-state index contributed by atoms with van der Waals surface area (Å²) in [5, 5.41) is 4.39. The number of aryl methyl sites for hydroxylation is 1. The van der Waals surface area contributed by atoms with E-state index in [1.165, 1.54) is 5.56 Å². The predicted octanol–water partition coefficient (Wildman–Crippen LogP) is 1.46. The van der Waals surface area contributed by atoms with E-state index in [1.807, 2.05) is 0 Å². The van der Waals surface area contributed by atoms with E-state index >= 15 is 0 Å². The van der Waals surface area contributed by atoms with Crippen molar-refractivity contribution < 1.29 is 4.52 Å². The van der Waals surface area contributed by atoms with Gasteiger partial charge in [0.1, 0.15) is 6.26 Å². The molecule has 1 heterocycles. The standard InChI is InChI=1S/C7H9NOS/c10-6-1-2-7-5(3-6)4-9-8-7/h4,6,10H,1-3H2. The van der Waals surface area contributed by atoms with Crippen LogP contribution in [-0.4, -0.2) is 10.4 Å². The molecule has 0 bridgehead atoms. The average molecular weight is 155 g/mol. The van der Waals surface area contributed by atoms with Crippen LogP contribution in [0.2, 0.25) is 0 Å². The molecule has 2 nitrogen and oxygen atoms in total. The van der Waals surface area contributed by atoms with Crippen LogP contribution in [0.25, 0.3) is 0 Å². The first-order valence-electron chi connectivity index (χ1n) is 3.46. The number of fused-ring (bicyclic) bond motifs is 1. The van der Waals surface area contributed by atoms with Crippen molar-refractivity contribution in [3.63, 3.8) is 0 Å². The number of nitrogens with zero attached hydrogens (tertiary/aromatic N) is 1. The van der Waals surface area contributed by atoms with Crippen molar-refractivity contribution in [2.45, 2.75) is 24.5 Å². The van der Waals surface area contributed by atoms with Gasteiger partial charge in [-0.25, -0.2) is 0 Å². The third kappa shape index (κ3) is 0.944. The fraction of sp³-hybridized carbons (Fsp3) is 0.571. The normalized spacial score (nSPS) is 24.3. The SMILES string of the molecule is SC1CCc2nocc2C1. The molecule has 10 heavy (non-hydrogen) atoms. The molecular formula is C7H9NOS. The Labute approximate surface area is 65.0 Å². The summed E-state index contributed by atoms with van der Waals surface area (Å²) in [6.07, 6.45) is 4.91. The van der Waals surface area contributed by atoms with Gasteiger partial charge < -0.3 is 4.52 Å². The smallest absolute Gasteiger partial charge is 0.127 e. The highest BCUT2D eigenvalue weighted by molar-refractivity contribution is 7.80. The van der Waals surface area contributed by atoms with E-state index in [0.717, 1.165) is 25.0 Å². The van der Waals surface area contributed by atoms with Crippen molar-refractivity contribution >= 4 is 12.6 Å². The third-order valence-corrected chi connectivity index (χ3v) is 2.34. The Morgan fingerprint density at radius 2 is 2.60 bits per heavy atom. The maximum atomic E-state index is 4.83. The summed E-state index contributed by atoms with van der Waals surface area (Å²) in [5.41, 5.74) is 2.37. The van der Waals surface area contributed by atoms with E-state index in [4.69, 9.17) is 4.52 Å². The van der Waals surface area contributed by atoms with Gasteiger partial charge in [0.2, 0.25) is 0 Å². The Hall–Kier alpha value is -0.440. The van der Waals surface area contributed by atoms with Gasteiger partial charge in [0, 0.05) is 10.8 Å². The molecule has 2 rings (SSSR count). The van der Waals surface area contributed by atoms with Crippen LogP contribution in [0.4, 0.5) is 0 Å². The number of hydrogen-bond donors (Lipinski definition) is 1. The molecule has 1 atom stereocenters. The summed E-state index contributed by atoms with van der Waals surface area (Å²) >= 11 is 4.39. The van der Waals surface area contributed by atoms with Crippen molar-refractivity contribution in [3.8, 4) is 0 Å². The molecule has 54 valence electrons. The number of rotatable bonds is 0. The molecule has 0 aromatic carbocycles. The van der Waals surface area contributed by atoms with Crippen LogP contribution in [0, 0.1) is 0 Å². The van der Waals surface area contributed by atoms with Crippen LogP contribution in [0.3, 0.4) is 0 Å². The predicted molar refractivity (Wildman–Crippen MR) is 41.3 cm³/mol. The van der Waals surface area contributed by atoms with Crippen LogP contribution < -0.4 is 0 Å². The molecule has 1 aliphatic carbocycles. The molecule has 0 saturated carbocycles. The van der Waals surface area contributed by atoms with Gasteiger partial charge in [-0.2, -0.15) is 12.6 Å². The molecular weight excluding hydrogens is 146 g/mol. The van der Waals surface area contributed by atoms with Gasteiger partial charge in [0.15, 0.2) is 0 Å². The van der Waals surface area contributed by atoms with Crippen molar-refractivity contribution in [2.75, 3.05) is 0 Å². The first-order chi connectivity index (χ1) is 4.86. The zero-order chi connectivity index (χ0) is 6.97. The minimum atomic E-state index is 0.506. The average Bonchev–Trinajstić information content (AvgIpc) is 2.33. The number of aromatic nitrogens is 1. The van der Waals surface area contributed by atoms with Crippen molar-refractivity contribution in [3.05, 3.63) is 17.5 Å². The van der Waals surface area contributed by atoms with Gasteiger partial charge >= 0.3 is 0 Å². The lowest BCUT2D eigenvalue weighted by atomic mass is 9.98. The summed E-state index contributed by atoms with van der Waals surface area (Å²) < 4.78 is 4.83. The van der Waals surface area contributed by atoms with Crippen LogP contribution in [-0.2, 0) is 12.8 Å². The number of thiol groups is 1. The molecule has 0 N–H and O–H groups in total. The lowest BCUT2D eigenvalue weighted by molar-refractivity contribution is 0.411. The summed E-state index contributed by atoms with van der Waals surface area (Å²) in [6.45, 7) is 0. The quantitative estimate of drug-likeness (QED) is 0.574. The second-order valence-corrected chi connectivity index (χ2v) is 3.41. The minimum Gasteiger partial charge on any atom is -0.364 e. The van der Waals surface area contributed by atoms with Gasteiger partial charge in [-0.05, 0) is 19.3 Å². The van der Waals surface area contributed by atoms with E-state index in [9.17, 15) is 0 Å². The van der Waals surface area contributed by atoms with Gasteiger partial charge in [0.25, 0.3) is 0 Å². The maximum absolute atomic E-state index is 4.83. The van der Waals surface area contributed by atoms with E-state index < -0.39 is 0 Å².